The van der Waals surface area contributed by atoms with E-state index in [9.17, 15) is 19.5 Å². The van der Waals surface area contributed by atoms with Gasteiger partial charge in [-0.05, 0) is 64.7 Å². The molecule has 8 heteroatoms. The highest BCUT2D eigenvalue weighted by atomic mass is 32.2. The molecule has 6 atom stereocenters. The summed E-state index contributed by atoms with van der Waals surface area (Å²) in [5.41, 5.74) is 2.76. The van der Waals surface area contributed by atoms with Crippen molar-refractivity contribution in [2.45, 2.75) is 69.0 Å². The Bertz CT molecular complexity index is 1060. The number of rotatable bonds is 8. The molecule has 190 valence electrons. The third kappa shape index (κ3) is 3.80. The van der Waals surface area contributed by atoms with E-state index in [-0.39, 0.29) is 31.0 Å². The number of hydrogen-bond acceptors (Lipinski definition) is 6. The molecular weight excluding hydrogens is 464 g/mol. The lowest BCUT2D eigenvalue weighted by atomic mass is 9.66. The summed E-state index contributed by atoms with van der Waals surface area (Å²) < 4.78 is 4.20. The van der Waals surface area contributed by atoms with Crippen molar-refractivity contribution in [3.8, 4) is 0 Å². The highest BCUT2D eigenvalue weighted by molar-refractivity contribution is 8.02. The van der Waals surface area contributed by atoms with Crippen LogP contribution in [-0.4, -0.2) is 69.1 Å². The molecule has 0 aliphatic carbocycles. The van der Waals surface area contributed by atoms with Crippen LogP contribution in [0.5, 0.6) is 0 Å². The van der Waals surface area contributed by atoms with Gasteiger partial charge in [-0.25, -0.2) is 0 Å². The molecule has 3 fully saturated rings. The molecule has 1 N–H and O–H groups in total. The number of ether oxygens (including phenoxy) is 1. The van der Waals surface area contributed by atoms with E-state index >= 15 is 0 Å². The molecule has 3 aliphatic rings. The van der Waals surface area contributed by atoms with Crippen LogP contribution in [0.1, 0.15) is 44.7 Å². The molecule has 2 bridgehead atoms. The standard InChI is InChI=1S/C27H36N2O5S/c1-7-13-28(19-14-16(3)9-10-17(19)4)24(32)22-27-12-11-26(6,35-27)21(25(33)34-8-2)20(27)23(31)29(22)18(5)15-30/h7,9-10,14,18,20-22,30H,1,8,11-13,15H2,2-6H3/t18-,20+,21+,22?,26-,27?/m1/s1. The van der Waals surface area contributed by atoms with Crippen molar-refractivity contribution in [1.82, 2.24) is 4.90 Å². The average Bonchev–Trinajstić information content (AvgIpc) is 3.39. The van der Waals surface area contributed by atoms with Gasteiger partial charge in [-0.1, -0.05) is 18.2 Å². The van der Waals surface area contributed by atoms with Crippen LogP contribution in [0.3, 0.4) is 0 Å². The number of anilines is 1. The summed E-state index contributed by atoms with van der Waals surface area (Å²) in [5.74, 6) is -2.08. The minimum Gasteiger partial charge on any atom is -0.466 e. The maximum absolute atomic E-state index is 14.5. The van der Waals surface area contributed by atoms with E-state index in [1.54, 1.807) is 41.5 Å². The SMILES string of the molecule is C=CCN(C(=O)C1N([C@H](C)CO)C(=O)[C@@H]2[C@@H](C(=O)OCC)[C@@]3(C)CCC12S3)c1cc(C)ccc1C. The first kappa shape index (κ1) is 25.8. The molecule has 0 saturated carbocycles. The van der Waals surface area contributed by atoms with Gasteiger partial charge in [0.25, 0.3) is 5.91 Å². The van der Waals surface area contributed by atoms with Gasteiger partial charge in [-0.2, -0.15) is 0 Å². The number of hydrogen-bond donors (Lipinski definition) is 1. The lowest BCUT2D eigenvalue weighted by molar-refractivity contribution is -0.155. The van der Waals surface area contributed by atoms with Crippen molar-refractivity contribution in [2.75, 3.05) is 24.7 Å². The molecule has 2 amide bonds. The van der Waals surface area contributed by atoms with Crippen molar-refractivity contribution >= 4 is 35.2 Å². The number of aliphatic hydroxyl groups excluding tert-OH is 1. The zero-order chi connectivity index (χ0) is 25.7. The van der Waals surface area contributed by atoms with Crippen LogP contribution in [0.25, 0.3) is 0 Å². The second-order valence-electron chi connectivity index (χ2n) is 10.3. The number of aryl methyl sites for hydroxylation is 2. The second-order valence-corrected chi connectivity index (χ2v) is 12.2. The number of carbonyl (C=O) groups excluding carboxylic acids is 3. The van der Waals surface area contributed by atoms with Crippen LogP contribution >= 0.6 is 11.8 Å². The van der Waals surface area contributed by atoms with Crippen molar-refractivity contribution in [3.05, 3.63) is 42.0 Å². The predicted molar refractivity (Wildman–Crippen MR) is 137 cm³/mol. The summed E-state index contributed by atoms with van der Waals surface area (Å²) in [6.07, 6.45) is 3.06. The quantitative estimate of drug-likeness (QED) is 0.436. The highest BCUT2D eigenvalue weighted by Gasteiger charge is 2.78. The fourth-order valence-electron chi connectivity index (χ4n) is 6.39. The van der Waals surface area contributed by atoms with Gasteiger partial charge < -0.3 is 19.6 Å². The molecule has 1 aromatic rings. The maximum Gasteiger partial charge on any atom is 0.311 e. The maximum atomic E-state index is 14.5. The molecule has 7 nitrogen and oxygen atoms in total. The van der Waals surface area contributed by atoms with Crippen molar-refractivity contribution in [3.63, 3.8) is 0 Å². The van der Waals surface area contributed by atoms with Crippen LogP contribution in [0, 0.1) is 25.7 Å². The topological polar surface area (TPSA) is 87.2 Å². The summed E-state index contributed by atoms with van der Waals surface area (Å²) in [6.45, 7) is 13.6. The van der Waals surface area contributed by atoms with Gasteiger partial charge in [0.15, 0.2) is 0 Å². The number of carbonyl (C=O) groups is 3. The zero-order valence-corrected chi connectivity index (χ0v) is 22.1. The number of amides is 2. The second kappa shape index (κ2) is 9.28. The van der Waals surface area contributed by atoms with E-state index in [0.717, 1.165) is 23.2 Å². The van der Waals surface area contributed by atoms with Gasteiger partial charge in [0.2, 0.25) is 5.91 Å². The van der Waals surface area contributed by atoms with Gasteiger partial charge in [-0.3, -0.25) is 14.4 Å². The number of fused-ring (bicyclic) bond motifs is 1. The molecule has 3 heterocycles. The molecule has 0 radical (unpaired) electrons. The number of esters is 1. The third-order valence-corrected chi connectivity index (χ3v) is 9.95. The molecule has 1 spiro atoms. The Balaban J connectivity index is 1.85. The first-order valence-corrected chi connectivity index (χ1v) is 13.2. The minimum atomic E-state index is -0.798. The Labute approximate surface area is 211 Å². The Hall–Kier alpha value is -2.32. The molecule has 35 heavy (non-hydrogen) atoms. The summed E-state index contributed by atoms with van der Waals surface area (Å²) in [5, 5.41) is 10.1. The summed E-state index contributed by atoms with van der Waals surface area (Å²) in [7, 11) is 0. The van der Waals surface area contributed by atoms with Gasteiger partial charge in [0.1, 0.15) is 6.04 Å². The molecule has 0 aromatic heterocycles. The smallest absolute Gasteiger partial charge is 0.311 e. The molecule has 2 unspecified atom stereocenters. The molecule has 4 rings (SSSR count). The number of nitrogens with zero attached hydrogens (tertiary/aromatic N) is 2. The number of thioether (sulfide) groups is 1. The molecule has 3 aliphatic heterocycles. The van der Waals surface area contributed by atoms with E-state index < -0.39 is 33.4 Å². The summed E-state index contributed by atoms with van der Waals surface area (Å²) in [4.78, 5) is 44.9. The van der Waals surface area contributed by atoms with Crippen LogP contribution in [0.4, 0.5) is 5.69 Å². The summed E-state index contributed by atoms with van der Waals surface area (Å²) in [6, 6.07) is 4.60. The van der Waals surface area contributed by atoms with Crippen LogP contribution in [-0.2, 0) is 19.1 Å². The molecule has 1 aromatic carbocycles. The normalized spacial score (nSPS) is 31.9. The minimum absolute atomic E-state index is 0.198. The first-order valence-electron chi connectivity index (χ1n) is 12.4. The zero-order valence-electron chi connectivity index (χ0n) is 21.2. The van der Waals surface area contributed by atoms with Crippen molar-refractivity contribution in [1.29, 1.82) is 0 Å². The highest BCUT2D eigenvalue weighted by Crippen LogP contribution is 2.71. The number of aliphatic hydroxyl groups is 1. The Morgan fingerprint density at radius 1 is 1.37 bits per heavy atom. The van der Waals surface area contributed by atoms with E-state index in [1.807, 2.05) is 39.0 Å². The van der Waals surface area contributed by atoms with Gasteiger partial charge in [0.05, 0.1) is 35.8 Å². The average molecular weight is 501 g/mol. The van der Waals surface area contributed by atoms with Gasteiger partial charge >= 0.3 is 5.97 Å². The third-order valence-electron chi connectivity index (χ3n) is 7.96. The first-order chi connectivity index (χ1) is 16.6. The monoisotopic (exact) mass is 500 g/mol. The Morgan fingerprint density at radius 2 is 2.09 bits per heavy atom. The number of likely N-dealkylation sites (tertiary alicyclic amines) is 1. The molecule has 3 saturated heterocycles. The van der Waals surface area contributed by atoms with E-state index in [1.165, 1.54) is 0 Å². The van der Waals surface area contributed by atoms with Crippen LogP contribution < -0.4 is 4.90 Å². The lowest BCUT2D eigenvalue weighted by Crippen LogP contribution is -2.57. The van der Waals surface area contributed by atoms with E-state index in [2.05, 4.69) is 6.58 Å². The summed E-state index contributed by atoms with van der Waals surface area (Å²) >= 11 is 1.61. The van der Waals surface area contributed by atoms with Crippen molar-refractivity contribution < 1.29 is 24.2 Å². The van der Waals surface area contributed by atoms with E-state index in [4.69, 9.17) is 4.74 Å². The molecular formula is C27H36N2O5S. The van der Waals surface area contributed by atoms with Crippen LogP contribution in [0.2, 0.25) is 0 Å². The fourth-order valence-corrected chi connectivity index (χ4v) is 8.71. The predicted octanol–water partition coefficient (Wildman–Crippen LogP) is 3.25. The number of benzene rings is 1. The largest absolute Gasteiger partial charge is 0.466 e. The van der Waals surface area contributed by atoms with Gasteiger partial charge in [0, 0.05) is 17.0 Å². The van der Waals surface area contributed by atoms with E-state index in [0.29, 0.717) is 13.0 Å². The van der Waals surface area contributed by atoms with Gasteiger partial charge in [-0.15, -0.1) is 18.3 Å². The van der Waals surface area contributed by atoms with Crippen LogP contribution in [0.15, 0.2) is 30.9 Å². The Morgan fingerprint density at radius 3 is 2.71 bits per heavy atom. The van der Waals surface area contributed by atoms with Crippen molar-refractivity contribution in [2.24, 2.45) is 11.8 Å². The lowest BCUT2D eigenvalue weighted by Gasteiger charge is -2.39. The fraction of sp³-hybridized carbons (Fsp3) is 0.593. The Kier molecular flexibility index (Phi) is 6.83.